The van der Waals surface area contributed by atoms with Crippen molar-refractivity contribution in [3.8, 4) is 0 Å². The number of fused-ring (bicyclic) bond motifs is 3. The lowest BCUT2D eigenvalue weighted by atomic mass is 9.46. The monoisotopic (exact) mass is 596 g/mol. The number of allylic oxidation sites excluding steroid dienone is 1. The number of ketones is 2. The molecule has 2 saturated carbocycles. The van der Waals surface area contributed by atoms with E-state index in [0.717, 1.165) is 12.5 Å². The van der Waals surface area contributed by atoms with E-state index in [0.29, 0.717) is 0 Å². The Morgan fingerprint density at radius 1 is 1.09 bits per heavy atom. The standard InChI is InChI=1S/C32H36O11/c1-17-20(35)15-32-27(42-28(38)43-32)25-30(5,26(37)24(40-18(2)34)23(17)29(32,3)4)14-13-21(31(25,39)16-33)41-22(36)12-11-19-9-7-6-8-10-19/h6-12,21,24-25,27,33,39H,13-16H2,1-5H3/b12-11+/t21-,24+,25?,27-,30+,31-,32+/m0/s1. The van der Waals surface area contributed by atoms with Crippen molar-refractivity contribution in [1.82, 2.24) is 0 Å². The third-order valence-electron chi connectivity index (χ3n) is 10.0. The molecule has 1 aromatic carbocycles. The molecule has 2 N–H and O–H groups in total. The molecule has 1 spiro atoms. The summed E-state index contributed by atoms with van der Waals surface area (Å²) < 4.78 is 22.9. The number of aliphatic hydroxyl groups is 2. The molecule has 1 heterocycles. The number of hydrogen-bond donors (Lipinski definition) is 2. The summed E-state index contributed by atoms with van der Waals surface area (Å²) in [6, 6.07) is 8.99. The number of Topliss-reactive ketones (excluding diaryl/α,β-unsaturated/α-hetero) is 2. The highest BCUT2D eigenvalue weighted by molar-refractivity contribution is 6.03. The zero-order valence-electron chi connectivity index (χ0n) is 24.7. The molecule has 1 unspecified atom stereocenters. The number of esters is 2. The van der Waals surface area contributed by atoms with Gasteiger partial charge in [0.2, 0.25) is 0 Å². The Bertz CT molecular complexity index is 1440. The zero-order chi connectivity index (χ0) is 31.5. The first-order chi connectivity index (χ1) is 20.1. The van der Waals surface area contributed by atoms with Crippen LogP contribution < -0.4 is 0 Å². The van der Waals surface area contributed by atoms with E-state index in [-0.39, 0.29) is 30.4 Å². The predicted molar refractivity (Wildman–Crippen MR) is 149 cm³/mol. The van der Waals surface area contributed by atoms with Gasteiger partial charge >= 0.3 is 18.1 Å². The second-order valence-electron chi connectivity index (χ2n) is 12.7. The topological polar surface area (TPSA) is 163 Å². The third kappa shape index (κ3) is 4.51. The van der Waals surface area contributed by atoms with Crippen LogP contribution in [-0.4, -0.2) is 76.0 Å². The molecular formula is C32H36O11. The van der Waals surface area contributed by atoms with E-state index in [1.54, 1.807) is 38.1 Å². The van der Waals surface area contributed by atoms with Gasteiger partial charge in [0.25, 0.3) is 0 Å². The summed E-state index contributed by atoms with van der Waals surface area (Å²) in [7, 11) is 0. The lowest BCUT2D eigenvalue weighted by Crippen LogP contribution is -2.74. The lowest BCUT2D eigenvalue weighted by Gasteiger charge is -2.60. The van der Waals surface area contributed by atoms with Crippen LogP contribution in [0.15, 0.2) is 47.6 Å². The predicted octanol–water partition coefficient (Wildman–Crippen LogP) is 2.86. The number of hydrogen-bond acceptors (Lipinski definition) is 11. The summed E-state index contributed by atoms with van der Waals surface area (Å²) in [6.45, 7) is 6.54. The molecule has 11 nitrogen and oxygen atoms in total. The number of benzene rings is 1. The summed E-state index contributed by atoms with van der Waals surface area (Å²) >= 11 is 0. The van der Waals surface area contributed by atoms with E-state index >= 15 is 0 Å². The van der Waals surface area contributed by atoms with Crippen molar-refractivity contribution < 1.29 is 53.1 Å². The van der Waals surface area contributed by atoms with Crippen LogP contribution in [-0.2, 0) is 38.1 Å². The molecule has 4 aliphatic rings. The maximum atomic E-state index is 14.6. The Morgan fingerprint density at radius 2 is 1.77 bits per heavy atom. The average Bonchev–Trinajstić information content (AvgIpc) is 3.27. The van der Waals surface area contributed by atoms with Crippen LogP contribution in [0, 0.1) is 16.7 Å². The molecule has 3 aliphatic carbocycles. The molecule has 0 amide bonds. The maximum Gasteiger partial charge on any atom is 0.509 e. The molecule has 5 rings (SSSR count). The van der Waals surface area contributed by atoms with Crippen LogP contribution in [0.4, 0.5) is 4.79 Å². The molecule has 0 aromatic heterocycles. The Hall–Kier alpha value is -3.83. The SMILES string of the molecule is CC(=O)O[C@H]1C(=O)[C@]2(C)CC[C@H](OC(=O)/C=C/c3ccccc3)[C@@](O)(CO)C2[C@@H]2OC(=O)O[C@]23CC(=O)C(C)=C1C3(C)C. The maximum absolute atomic E-state index is 14.6. The minimum absolute atomic E-state index is 0.00174. The van der Waals surface area contributed by atoms with Crippen molar-refractivity contribution in [3.63, 3.8) is 0 Å². The number of carbonyl (C=O) groups excluding carboxylic acids is 5. The van der Waals surface area contributed by atoms with Gasteiger partial charge in [-0.2, -0.15) is 0 Å². The Morgan fingerprint density at radius 3 is 2.40 bits per heavy atom. The Balaban J connectivity index is 1.65. The van der Waals surface area contributed by atoms with E-state index < -0.39 is 82.5 Å². The minimum atomic E-state index is -2.34. The third-order valence-corrected chi connectivity index (χ3v) is 10.0. The van der Waals surface area contributed by atoms with E-state index in [1.807, 2.05) is 6.07 Å². The summed E-state index contributed by atoms with van der Waals surface area (Å²) in [5, 5.41) is 23.1. The van der Waals surface area contributed by atoms with Crippen molar-refractivity contribution in [2.45, 2.75) is 83.4 Å². The molecule has 11 heteroatoms. The van der Waals surface area contributed by atoms with Gasteiger partial charge in [0.15, 0.2) is 29.4 Å². The smallest absolute Gasteiger partial charge is 0.456 e. The second kappa shape index (κ2) is 10.4. The van der Waals surface area contributed by atoms with Crippen molar-refractivity contribution >= 4 is 35.7 Å². The van der Waals surface area contributed by atoms with Crippen LogP contribution >= 0.6 is 0 Å². The van der Waals surface area contributed by atoms with Gasteiger partial charge in [-0.3, -0.25) is 14.4 Å². The van der Waals surface area contributed by atoms with Crippen molar-refractivity contribution in [2.75, 3.05) is 6.61 Å². The van der Waals surface area contributed by atoms with Gasteiger partial charge < -0.3 is 29.2 Å². The summed E-state index contributed by atoms with van der Waals surface area (Å²) in [6.07, 6.45) is -3.09. The lowest BCUT2D eigenvalue weighted by molar-refractivity contribution is -0.246. The van der Waals surface area contributed by atoms with Gasteiger partial charge in [-0.1, -0.05) is 51.1 Å². The van der Waals surface area contributed by atoms with Crippen LogP contribution in [0.3, 0.4) is 0 Å². The fourth-order valence-electron chi connectivity index (χ4n) is 7.79. The normalized spacial score (nSPS) is 36.6. The first-order valence-electron chi connectivity index (χ1n) is 14.2. The Labute approximate surface area is 248 Å². The molecule has 43 heavy (non-hydrogen) atoms. The summed E-state index contributed by atoms with van der Waals surface area (Å²) in [4.78, 5) is 66.2. The number of rotatable bonds is 5. The average molecular weight is 597 g/mol. The summed E-state index contributed by atoms with van der Waals surface area (Å²) in [5.74, 6) is -4.10. The fourth-order valence-corrected chi connectivity index (χ4v) is 7.79. The van der Waals surface area contributed by atoms with Crippen molar-refractivity contribution in [3.05, 3.63) is 53.1 Å². The minimum Gasteiger partial charge on any atom is -0.456 e. The van der Waals surface area contributed by atoms with Gasteiger partial charge in [-0.25, -0.2) is 9.59 Å². The largest absolute Gasteiger partial charge is 0.509 e. The molecule has 3 fully saturated rings. The van der Waals surface area contributed by atoms with E-state index in [9.17, 15) is 34.2 Å². The highest BCUT2D eigenvalue weighted by Crippen LogP contribution is 2.64. The quantitative estimate of drug-likeness (QED) is 0.292. The van der Waals surface area contributed by atoms with Gasteiger partial charge in [-0.15, -0.1) is 0 Å². The zero-order valence-corrected chi connectivity index (χ0v) is 24.7. The summed E-state index contributed by atoms with van der Waals surface area (Å²) in [5.41, 5.74) is -5.84. The van der Waals surface area contributed by atoms with Crippen LogP contribution in [0.25, 0.3) is 6.08 Å². The first kappa shape index (κ1) is 30.6. The molecule has 1 aliphatic heterocycles. The van der Waals surface area contributed by atoms with E-state index in [1.165, 1.54) is 26.0 Å². The first-order valence-corrected chi connectivity index (χ1v) is 14.2. The van der Waals surface area contributed by atoms with Crippen molar-refractivity contribution in [2.24, 2.45) is 16.7 Å². The highest BCUT2D eigenvalue weighted by atomic mass is 16.8. The van der Waals surface area contributed by atoms with Gasteiger partial charge in [-0.05, 0) is 42.6 Å². The molecule has 2 bridgehead atoms. The molecule has 7 atom stereocenters. The van der Waals surface area contributed by atoms with E-state index in [4.69, 9.17) is 18.9 Å². The van der Waals surface area contributed by atoms with Crippen LogP contribution in [0.2, 0.25) is 0 Å². The number of carbonyl (C=O) groups is 5. The van der Waals surface area contributed by atoms with E-state index in [2.05, 4.69) is 0 Å². The van der Waals surface area contributed by atoms with Crippen molar-refractivity contribution in [1.29, 1.82) is 0 Å². The van der Waals surface area contributed by atoms with Crippen LogP contribution in [0.1, 0.15) is 59.4 Å². The number of ether oxygens (including phenoxy) is 4. The van der Waals surface area contributed by atoms with Gasteiger partial charge in [0.05, 0.1) is 13.0 Å². The number of aliphatic hydroxyl groups excluding tert-OH is 1. The molecule has 1 aromatic rings. The van der Waals surface area contributed by atoms with Gasteiger partial charge in [0, 0.05) is 29.7 Å². The highest BCUT2D eigenvalue weighted by Gasteiger charge is 2.76. The van der Waals surface area contributed by atoms with Gasteiger partial charge in [0.1, 0.15) is 11.7 Å². The fraction of sp³-hybridized carbons (Fsp3) is 0.531. The molecular weight excluding hydrogens is 560 g/mol. The molecule has 1 saturated heterocycles. The Kier molecular flexibility index (Phi) is 7.41. The molecule has 230 valence electrons. The second-order valence-corrected chi connectivity index (χ2v) is 12.7. The molecule has 0 radical (unpaired) electrons. The van der Waals surface area contributed by atoms with Crippen LogP contribution in [0.5, 0.6) is 0 Å².